The summed E-state index contributed by atoms with van der Waals surface area (Å²) in [5, 5.41) is 10.1. The second-order valence-electron chi connectivity index (χ2n) is 4.56. The quantitative estimate of drug-likeness (QED) is 0.859. The minimum Gasteiger partial charge on any atom is -0.392 e. The third kappa shape index (κ3) is 2.74. The summed E-state index contributed by atoms with van der Waals surface area (Å²) < 4.78 is 13.2. The number of rotatable bonds is 3. The number of aliphatic hydroxyl groups excluding tert-OH is 1. The number of hydrogen-bond donors (Lipinski definition) is 1. The highest BCUT2D eigenvalue weighted by Gasteiger charge is 2.23. The summed E-state index contributed by atoms with van der Waals surface area (Å²) in [5.41, 5.74) is 0.821. The lowest BCUT2D eigenvalue weighted by atomic mass is 9.95. The van der Waals surface area contributed by atoms with Gasteiger partial charge in [-0.2, -0.15) is 0 Å². The molecular formula is C13H16ClFO. The van der Waals surface area contributed by atoms with Gasteiger partial charge in [-0.1, -0.05) is 30.5 Å². The maximum absolute atomic E-state index is 13.2. The van der Waals surface area contributed by atoms with Crippen LogP contribution in [-0.2, 0) is 6.42 Å². The maximum Gasteiger partial charge on any atom is 0.142 e. The molecule has 1 saturated carbocycles. The fourth-order valence-electron chi connectivity index (χ4n) is 2.42. The standard InChI is InChI=1S/C13H16ClFO/c14-11-6-5-9(7-12(11)15)8-13(16)10-3-1-2-4-10/h5-7,10,13,16H,1-4,8H2. The van der Waals surface area contributed by atoms with Crippen LogP contribution in [0.25, 0.3) is 0 Å². The number of halogens is 2. The van der Waals surface area contributed by atoms with Gasteiger partial charge in [-0.25, -0.2) is 4.39 Å². The summed E-state index contributed by atoms with van der Waals surface area (Å²) in [6, 6.07) is 4.75. The van der Waals surface area contributed by atoms with E-state index in [9.17, 15) is 9.50 Å². The predicted octanol–water partition coefficient (Wildman–Crippen LogP) is 3.57. The molecule has 1 atom stereocenters. The second kappa shape index (κ2) is 5.15. The van der Waals surface area contributed by atoms with Crippen LogP contribution in [-0.4, -0.2) is 11.2 Å². The fraction of sp³-hybridized carbons (Fsp3) is 0.538. The molecule has 0 heterocycles. The minimum absolute atomic E-state index is 0.138. The summed E-state index contributed by atoms with van der Waals surface area (Å²) in [5.74, 6) is -0.0171. The number of hydrogen-bond acceptors (Lipinski definition) is 1. The molecule has 0 aromatic heterocycles. The van der Waals surface area contributed by atoms with E-state index in [-0.39, 0.29) is 11.1 Å². The normalized spacial score (nSPS) is 18.9. The molecule has 3 heteroatoms. The molecule has 1 aromatic carbocycles. The molecule has 1 nitrogen and oxygen atoms in total. The first-order valence-electron chi connectivity index (χ1n) is 5.79. The van der Waals surface area contributed by atoms with Crippen LogP contribution in [0.3, 0.4) is 0 Å². The van der Waals surface area contributed by atoms with Crippen molar-refractivity contribution in [3.05, 3.63) is 34.6 Å². The molecule has 0 aliphatic heterocycles. The van der Waals surface area contributed by atoms with E-state index >= 15 is 0 Å². The van der Waals surface area contributed by atoms with E-state index in [1.807, 2.05) is 0 Å². The van der Waals surface area contributed by atoms with Gasteiger partial charge in [0.2, 0.25) is 0 Å². The molecule has 1 unspecified atom stereocenters. The molecule has 1 aliphatic rings. The average Bonchev–Trinajstić information content (AvgIpc) is 2.77. The third-order valence-corrected chi connectivity index (χ3v) is 3.68. The Bertz CT molecular complexity index is 361. The van der Waals surface area contributed by atoms with Crippen molar-refractivity contribution in [2.75, 3.05) is 0 Å². The van der Waals surface area contributed by atoms with E-state index in [4.69, 9.17) is 11.6 Å². The first kappa shape index (κ1) is 11.9. The van der Waals surface area contributed by atoms with Crippen LogP contribution in [0.2, 0.25) is 5.02 Å². The highest BCUT2D eigenvalue weighted by atomic mass is 35.5. The summed E-state index contributed by atoms with van der Waals surface area (Å²) in [6.45, 7) is 0. The van der Waals surface area contributed by atoms with Crippen molar-refractivity contribution in [1.82, 2.24) is 0 Å². The van der Waals surface area contributed by atoms with E-state index in [1.54, 1.807) is 12.1 Å². The molecular weight excluding hydrogens is 227 g/mol. The number of aliphatic hydroxyl groups is 1. The van der Waals surface area contributed by atoms with E-state index in [0.29, 0.717) is 12.3 Å². The zero-order valence-electron chi connectivity index (χ0n) is 9.13. The summed E-state index contributed by atoms with van der Waals surface area (Å²) in [7, 11) is 0. The molecule has 16 heavy (non-hydrogen) atoms. The van der Waals surface area contributed by atoms with Crippen LogP contribution >= 0.6 is 11.6 Å². The maximum atomic E-state index is 13.2. The zero-order valence-corrected chi connectivity index (χ0v) is 9.88. The Kier molecular flexibility index (Phi) is 3.82. The lowest BCUT2D eigenvalue weighted by molar-refractivity contribution is 0.111. The Labute approximate surface area is 100 Å². The van der Waals surface area contributed by atoms with Gasteiger partial charge in [0.1, 0.15) is 5.82 Å². The molecule has 0 radical (unpaired) electrons. The van der Waals surface area contributed by atoms with Gasteiger partial charge in [-0.05, 0) is 42.9 Å². The van der Waals surface area contributed by atoms with Crippen molar-refractivity contribution in [3.8, 4) is 0 Å². The molecule has 1 fully saturated rings. The van der Waals surface area contributed by atoms with E-state index in [2.05, 4.69) is 0 Å². The largest absolute Gasteiger partial charge is 0.392 e. The molecule has 2 rings (SSSR count). The highest BCUT2D eigenvalue weighted by Crippen LogP contribution is 2.29. The molecule has 0 spiro atoms. The van der Waals surface area contributed by atoms with Gasteiger partial charge in [0.15, 0.2) is 0 Å². The van der Waals surface area contributed by atoms with Crippen LogP contribution in [0.15, 0.2) is 18.2 Å². The molecule has 0 amide bonds. The smallest absolute Gasteiger partial charge is 0.142 e. The number of benzene rings is 1. The summed E-state index contributed by atoms with van der Waals surface area (Å²) >= 11 is 5.61. The highest BCUT2D eigenvalue weighted by molar-refractivity contribution is 6.30. The van der Waals surface area contributed by atoms with Crippen molar-refractivity contribution < 1.29 is 9.50 Å². The van der Waals surface area contributed by atoms with Gasteiger partial charge < -0.3 is 5.11 Å². The van der Waals surface area contributed by atoms with Crippen LogP contribution in [0.5, 0.6) is 0 Å². The van der Waals surface area contributed by atoms with Crippen molar-refractivity contribution in [3.63, 3.8) is 0 Å². The van der Waals surface area contributed by atoms with Gasteiger partial charge in [0.05, 0.1) is 11.1 Å². The van der Waals surface area contributed by atoms with Gasteiger partial charge in [-0.3, -0.25) is 0 Å². The van der Waals surface area contributed by atoms with Crippen LogP contribution in [0.1, 0.15) is 31.2 Å². The Morgan fingerprint density at radius 3 is 2.69 bits per heavy atom. The lowest BCUT2D eigenvalue weighted by Gasteiger charge is -2.17. The van der Waals surface area contributed by atoms with Gasteiger partial charge >= 0.3 is 0 Å². The van der Waals surface area contributed by atoms with Crippen molar-refractivity contribution >= 4 is 11.6 Å². The molecule has 1 aliphatic carbocycles. The average molecular weight is 243 g/mol. The Balaban J connectivity index is 1.99. The van der Waals surface area contributed by atoms with E-state index in [0.717, 1.165) is 18.4 Å². The summed E-state index contributed by atoms with van der Waals surface area (Å²) in [6.07, 6.45) is 4.78. The minimum atomic E-state index is -0.405. The van der Waals surface area contributed by atoms with Crippen molar-refractivity contribution in [2.24, 2.45) is 5.92 Å². The Morgan fingerprint density at radius 2 is 2.06 bits per heavy atom. The predicted molar refractivity (Wildman–Crippen MR) is 63.1 cm³/mol. The SMILES string of the molecule is OC(Cc1ccc(Cl)c(F)c1)C1CCCC1. The second-order valence-corrected chi connectivity index (χ2v) is 4.97. The van der Waals surface area contributed by atoms with E-state index < -0.39 is 5.82 Å². The van der Waals surface area contributed by atoms with Crippen molar-refractivity contribution in [1.29, 1.82) is 0 Å². The van der Waals surface area contributed by atoms with E-state index in [1.165, 1.54) is 18.9 Å². The topological polar surface area (TPSA) is 20.2 Å². The van der Waals surface area contributed by atoms with Gasteiger partial charge in [0, 0.05) is 0 Å². The molecule has 1 N–H and O–H groups in total. The molecule has 88 valence electrons. The third-order valence-electron chi connectivity index (χ3n) is 3.37. The molecule has 0 bridgehead atoms. The van der Waals surface area contributed by atoms with Crippen LogP contribution in [0, 0.1) is 11.7 Å². The molecule has 0 saturated heterocycles. The van der Waals surface area contributed by atoms with Gasteiger partial charge in [0.25, 0.3) is 0 Å². The zero-order chi connectivity index (χ0) is 11.5. The summed E-state index contributed by atoms with van der Waals surface area (Å²) in [4.78, 5) is 0. The first-order chi connectivity index (χ1) is 7.66. The Morgan fingerprint density at radius 1 is 1.38 bits per heavy atom. The molecule has 1 aromatic rings. The fourth-order valence-corrected chi connectivity index (χ4v) is 2.53. The Hall–Kier alpha value is -0.600. The van der Waals surface area contributed by atoms with Crippen LogP contribution in [0.4, 0.5) is 4.39 Å². The van der Waals surface area contributed by atoms with Crippen molar-refractivity contribution in [2.45, 2.75) is 38.2 Å². The monoisotopic (exact) mass is 242 g/mol. The van der Waals surface area contributed by atoms with Crippen LogP contribution < -0.4 is 0 Å². The lowest BCUT2D eigenvalue weighted by Crippen LogP contribution is -2.20. The first-order valence-corrected chi connectivity index (χ1v) is 6.16. The van der Waals surface area contributed by atoms with Gasteiger partial charge in [-0.15, -0.1) is 0 Å².